The van der Waals surface area contributed by atoms with E-state index in [0.29, 0.717) is 5.92 Å². The summed E-state index contributed by atoms with van der Waals surface area (Å²) in [6.07, 6.45) is 5.54. The lowest BCUT2D eigenvalue weighted by molar-refractivity contribution is -0.125. The number of carbonyl (C=O) groups excluding carboxylic acids is 1. The second-order valence-corrected chi connectivity index (χ2v) is 6.28. The number of benzene rings is 1. The number of amides is 1. The Bertz CT molecular complexity index is 499. The van der Waals surface area contributed by atoms with Crippen LogP contribution in [-0.4, -0.2) is 19.0 Å². The summed E-state index contributed by atoms with van der Waals surface area (Å²) >= 11 is 0. The van der Waals surface area contributed by atoms with Crippen molar-refractivity contribution >= 4 is 18.3 Å². The number of nitrogens with one attached hydrogen (secondary N) is 2. The molecule has 2 aliphatic rings. The maximum absolute atomic E-state index is 13.5. The Hall–Kier alpha value is -1.13. The molecule has 1 aromatic carbocycles. The maximum atomic E-state index is 13.5. The van der Waals surface area contributed by atoms with E-state index in [0.717, 1.165) is 37.9 Å². The van der Waals surface area contributed by atoms with Gasteiger partial charge < -0.3 is 10.6 Å². The normalized spacial score (nSPS) is 23.0. The van der Waals surface area contributed by atoms with Crippen molar-refractivity contribution in [3.63, 3.8) is 0 Å². The van der Waals surface area contributed by atoms with E-state index in [-0.39, 0.29) is 36.1 Å². The number of carbonyl (C=O) groups is 1. The molecule has 2 fully saturated rings. The van der Waals surface area contributed by atoms with E-state index in [1.165, 1.54) is 18.9 Å². The van der Waals surface area contributed by atoms with Crippen LogP contribution in [0.4, 0.5) is 4.39 Å². The van der Waals surface area contributed by atoms with Gasteiger partial charge in [0, 0.05) is 6.54 Å². The SMILES string of the molecule is Cl.O=C(NC(c1cccc(F)c1)C1CCCC1)C1CCNC1. The highest BCUT2D eigenvalue weighted by Crippen LogP contribution is 2.36. The van der Waals surface area contributed by atoms with Crippen LogP contribution in [0.25, 0.3) is 0 Å². The topological polar surface area (TPSA) is 41.1 Å². The van der Waals surface area contributed by atoms with Crippen LogP contribution in [0.15, 0.2) is 24.3 Å². The third-order valence-electron chi connectivity index (χ3n) is 4.81. The average molecular weight is 327 g/mol. The molecular formula is C17H24ClFN2O. The molecule has 0 spiro atoms. The average Bonchev–Trinajstić information content (AvgIpc) is 3.17. The van der Waals surface area contributed by atoms with Gasteiger partial charge in [0.1, 0.15) is 5.82 Å². The molecule has 122 valence electrons. The Morgan fingerprint density at radius 3 is 2.68 bits per heavy atom. The first-order valence-electron chi connectivity index (χ1n) is 8.00. The molecule has 5 heteroatoms. The van der Waals surface area contributed by atoms with Gasteiger partial charge in [-0.15, -0.1) is 12.4 Å². The summed E-state index contributed by atoms with van der Waals surface area (Å²) in [7, 11) is 0. The minimum atomic E-state index is -0.229. The Kier molecular flexibility index (Phi) is 6.21. The predicted molar refractivity (Wildman–Crippen MR) is 87.5 cm³/mol. The van der Waals surface area contributed by atoms with Crippen molar-refractivity contribution in [1.29, 1.82) is 0 Å². The number of hydrogen-bond donors (Lipinski definition) is 2. The van der Waals surface area contributed by atoms with Gasteiger partial charge >= 0.3 is 0 Å². The Morgan fingerprint density at radius 2 is 2.05 bits per heavy atom. The first kappa shape index (κ1) is 17.2. The zero-order valence-corrected chi connectivity index (χ0v) is 13.5. The predicted octanol–water partition coefficient (Wildman–Crippen LogP) is 3.20. The van der Waals surface area contributed by atoms with Crippen molar-refractivity contribution in [3.8, 4) is 0 Å². The minimum absolute atomic E-state index is 0. The van der Waals surface area contributed by atoms with Crippen LogP contribution in [-0.2, 0) is 4.79 Å². The summed E-state index contributed by atoms with van der Waals surface area (Å²) < 4.78 is 13.5. The standard InChI is InChI=1S/C17H23FN2O.ClH/c18-15-7-3-6-13(10-15)16(12-4-1-2-5-12)20-17(21)14-8-9-19-11-14;/h3,6-7,10,12,14,16,19H,1-2,4-5,8-9,11H2,(H,20,21);1H. The molecule has 2 unspecified atom stereocenters. The van der Waals surface area contributed by atoms with E-state index in [1.54, 1.807) is 12.1 Å². The fourth-order valence-electron chi connectivity index (χ4n) is 3.61. The molecule has 1 aliphatic heterocycles. The number of rotatable bonds is 4. The van der Waals surface area contributed by atoms with Gasteiger partial charge in [-0.1, -0.05) is 25.0 Å². The fraction of sp³-hybridized carbons (Fsp3) is 0.588. The van der Waals surface area contributed by atoms with Crippen LogP contribution in [0.1, 0.15) is 43.7 Å². The van der Waals surface area contributed by atoms with E-state index < -0.39 is 0 Å². The molecule has 2 N–H and O–H groups in total. The van der Waals surface area contributed by atoms with Crippen molar-refractivity contribution in [2.45, 2.75) is 38.1 Å². The number of halogens is 2. The van der Waals surface area contributed by atoms with Crippen molar-refractivity contribution in [3.05, 3.63) is 35.6 Å². The maximum Gasteiger partial charge on any atom is 0.224 e. The Morgan fingerprint density at radius 1 is 1.27 bits per heavy atom. The summed E-state index contributed by atoms with van der Waals surface area (Å²) in [6, 6.07) is 6.64. The van der Waals surface area contributed by atoms with Gasteiger partial charge in [-0.3, -0.25) is 4.79 Å². The van der Waals surface area contributed by atoms with Crippen LogP contribution in [0, 0.1) is 17.7 Å². The highest BCUT2D eigenvalue weighted by Gasteiger charge is 2.31. The van der Waals surface area contributed by atoms with Crippen LogP contribution in [0.2, 0.25) is 0 Å². The molecule has 1 aliphatic carbocycles. The molecule has 22 heavy (non-hydrogen) atoms. The van der Waals surface area contributed by atoms with E-state index >= 15 is 0 Å². The molecule has 0 radical (unpaired) electrons. The summed E-state index contributed by atoms with van der Waals surface area (Å²) in [5, 5.41) is 6.42. The minimum Gasteiger partial charge on any atom is -0.349 e. The summed E-state index contributed by atoms with van der Waals surface area (Å²) in [4.78, 5) is 12.4. The fourth-order valence-corrected chi connectivity index (χ4v) is 3.61. The summed E-state index contributed by atoms with van der Waals surface area (Å²) in [5.74, 6) is 0.376. The third-order valence-corrected chi connectivity index (χ3v) is 4.81. The molecule has 1 aromatic rings. The van der Waals surface area contributed by atoms with Gasteiger partial charge in [-0.25, -0.2) is 4.39 Å². The van der Waals surface area contributed by atoms with Crippen LogP contribution in [0.5, 0.6) is 0 Å². The highest BCUT2D eigenvalue weighted by atomic mass is 35.5. The van der Waals surface area contributed by atoms with Gasteiger partial charge in [-0.2, -0.15) is 0 Å². The second kappa shape index (κ2) is 7.93. The third kappa shape index (κ3) is 3.99. The molecule has 3 nitrogen and oxygen atoms in total. The first-order valence-corrected chi connectivity index (χ1v) is 8.00. The molecule has 1 saturated carbocycles. The molecule has 0 aromatic heterocycles. The van der Waals surface area contributed by atoms with Gasteiger partial charge in [0.15, 0.2) is 0 Å². The van der Waals surface area contributed by atoms with Gasteiger partial charge in [-0.05, 0) is 49.4 Å². The van der Waals surface area contributed by atoms with Crippen molar-refractivity contribution in [2.75, 3.05) is 13.1 Å². The zero-order valence-electron chi connectivity index (χ0n) is 12.7. The van der Waals surface area contributed by atoms with Crippen molar-refractivity contribution < 1.29 is 9.18 Å². The summed E-state index contributed by atoms with van der Waals surface area (Å²) in [6.45, 7) is 1.67. The number of hydrogen-bond acceptors (Lipinski definition) is 2. The smallest absolute Gasteiger partial charge is 0.224 e. The van der Waals surface area contributed by atoms with E-state index in [1.807, 2.05) is 6.07 Å². The zero-order chi connectivity index (χ0) is 14.7. The quantitative estimate of drug-likeness (QED) is 0.892. The first-order chi connectivity index (χ1) is 10.2. The van der Waals surface area contributed by atoms with Crippen LogP contribution in [0.3, 0.4) is 0 Å². The van der Waals surface area contributed by atoms with Crippen LogP contribution < -0.4 is 10.6 Å². The second-order valence-electron chi connectivity index (χ2n) is 6.28. The van der Waals surface area contributed by atoms with E-state index in [4.69, 9.17) is 0 Å². The Labute approximate surface area is 137 Å². The summed E-state index contributed by atoms with van der Waals surface area (Å²) in [5.41, 5.74) is 0.904. The van der Waals surface area contributed by atoms with E-state index in [9.17, 15) is 9.18 Å². The van der Waals surface area contributed by atoms with E-state index in [2.05, 4.69) is 10.6 Å². The molecule has 0 bridgehead atoms. The molecule has 1 saturated heterocycles. The Balaban J connectivity index is 0.00000176. The molecule has 1 heterocycles. The van der Waals surface area contributed by atoms with Crippen molar-refractivity contribution in [1.82, 2.24) is 10.6 Å². The molecule has 1 amide bonds. The van der Waals surface area contributed by atoms with Gasteiger partial charge in [0.25, 0.3) is 0 Å². The monoisotopic (exact) mass is 326 g/mol. The van der Waals surface area contributed by atoms with Crippen LogP contribution >= 0.6 is 12.4 Å². The largest absolute Gasteiger partial charge is 0.349 e. The van der Waals surface area contributed by atoms with Crippen molar-refractivity contribution in [2.24, 2.45) is 11.8 Å². The molecule has 3 rings (SSSR count). The lowest BCUT2D eigenvalue weighted by Gasteiger charge is -2.26. The van der Waals surface area contributed by atoms with Gasteiger partial charge in [0.05, 0.1) is 12.0 Å². The van der Waals surface area contributed by atoms with Gasteiger partial charge in [0.2, 0.25) is 5.91 Å². The lowest BCUT2D eigenvalue weighted by atomic mass is 9.91. The highest BCUT2D eigenvalue weighted by molar-refractivity contribution is 5.85. The molecule has 2 atom stereocenters. The lowest BCUT2D eigenvalue weighted by Crippen LogP contribution is -2.37. The molecular weight excluding hydrogens is 303 g/mol.